The molecule has 0 rings (SSSR count). The molecule has 0 aromatic rings. The largest absolute Gasteiger partial charge is 0.458 e. The summed E-state index contributed by atoms with van der Waals surface area (Å²) >= 11 is 0. The van der Waals surface area contributed by atoms with Crippen LogP contribution in [0.5, 0.6) is 0 Å². The van der Waals surface area contributed by atoms with Crippen molar-refractivity contribution in [3.63, 3.8) is 0 Å². The van der Waals surface area contributed by atoms with Gasteiger partial charge in [-0.15, -0.1) is 0 Å². The third kappa shape index (κ3) is 5.56. The fourth-order valence-electron chi connectivity index (χ4n) is 0.793. The number of hydrogen-bond donors (Lipinski definition) is 1. The predicted molar refractivity (Wildman–Crippen MR) is 53.7 cm³/mol. The molecule has 0 fully saturated rings. The maximum Gasteiger partial charge on any atom is 0.328 e. The molecule has 0 aliphatic heterocycles. The van der Waals surface area contributed by atoms with Gasteiger partial charge in [-0.25, -0.2) is 4.79 Å². The van der Waals surface area contributed by atoms with Gasteiger partial charge in [0.25, 0.3) is 0 Å². The van der Waals surface area contributed by atoms with Crippen LogP contribution in [0.1, 0.15) is 41.0 Å². The number of carbonyl (C=O) groups is 2. The molecule has 0 bridgehead atoms. The van der Waals surface area contributed by atoms with Gasteiger partial charge in [-0.1, -0.05) is 6.92 Å². The van der Waals surface area contributed by atoms with E-state index in [1.165, 1.54) is 0 Å². The third-order valence-electron chi connectivity index (χ3n) is 1.46. The van der Waals surface area contributed by atoms with Crippen LogP contribution in [0.15, 0.2) is 0 Å². The molecule has 0 unspecified atom stereocenters. The quantitative estimate of drug-likeness (QED) is 0.699. The zero-order valence-corrected chi connectivity index (χ0v) is 9.51. The molecule has 0 saturated heterocycles. The van der Waals surface area contributed by atoms with Gasteiger partial charge in [0, 0.05) is 6.42 Å². The van der Waals surface area contributed by atoms with Gasteiger partial charge in [-0.05, 0) is 27.7 Å². The summed E-state index contributed by atoms with van der Waals surface area (Å²) in [5.41, 5.74) is -0.512. The van der Waals surface area contributed by atoms with Crippen LogP contribution < -0.4 is 5.32 Å². The van der Waals surface area contributed by atoms with Gasteiger partial charge in [-0.3, -0.25) is 4.79 Å². The van der Waals surface area contributed by atoms with Crippen LogP contribution in [-0.4, -0.2) is 23.5 Å². The van der Waals surface area contributed by atoms with E-state index in [4.69, 9.17) is 4.74 Å². The van der Waals surface area contributed by atoms with E-state index in [0.717, 1.165) is 0 Å². The normalized spacial score (nSPS) is 13.2. The SMILES string of the molecule is CCC(=O)N[C@@H](C)C(=O)OC(C)(C)C. The van der Waals surface area contributed by atoms with Crippen molar-refractivity contribution < 1.29 is 14.3 Å². The lowest BCUT2D eigenvalue weighted by molar-refractivity contribution is -0.158. The molecule has 4 heteroatoms. The topological polar surface area (TPSA) is 55.4 Å². The molecule has 0 heterocycles. The summed E-state index contributed by atoms with van der Waals surface area (Å²) in [6.07, 6.45) is 0.368. The van der Waals surface area contributed by atoms with Crippen LogP contribution >= 0.6 is 0 Å². The number of hydrogen-bond acceptors (Lipinski definition) is 3. The van der Waals surface area contributed by atoms with E-state index in [0.29, 0.717) is 6.42 Å². The Bertz CT molecular complexity index is 218. The van der Waals surface area contributed by atoms with Gasteiger partial charge in [0.05, 0.1) is 0 Å². The van der Waals surface area contributed by atoms with Crippen LogP contribution in [0.4, 0.5) is 0 Å². The Morgan fingerprint density at radius 1 is 1.36 bits per heavy atom. The average Bonchev–Trinajstić information content (AvgIpc) is 2.00. The minimum Gasteiger partial charge on any atom is -0.458 e. The summed E-state index contributed by atoms with van der Waals surface area (Å²) in [6, 6.07) is -0.582. The zero-order chi connectivity index (χ0) is 11.4. The maximum absolute atomic E-state index is 11.4. The van der Waals surface area contributed by atoms with Crippen molar-refractivity contribution in [2.75, 3.05) is 0 Å². The molecular weight excluding hydrogens is 182 g/mol. The molecule has 14 heavy (non-hydrogen) atoms. The highest BCUT2D eigenvalue weighted by Crippen LogP contribution is 2.08. The van der Waals surface area contributed by atoms with Crippen LogP contribution in [0.25, 0.3) is 0 Å². The second-order valence-corrected chi connectivity index (χ2v) is 4.18. The highest BCUT2D eigenvalue weighted by molar-refractivity contribution is 5.84. The summed E-state index contributed by atoms with van der Waals surface area (Å²) in [5, 5.41) is 2.54. The molecule has 1 amide bonds. The Balaban J connectivity index is 4.07. The molecule has 0 aliphatic rings. The molecule has 82 valence electrons. The number of ether oxygens (including phenoxy) is 1. The monoisotopic (exact) mass is 201 g/mol. The van der Waals surface area contributed by atoms with Crippen molar-refractivity contribution >= 4 is 11.9 Å². The van der Waals surface area contributed by atoms with Gasteiger partial charge in [0.15, 0.2) is 0 Å². The van der Waals surface area contributed by atoms with Crippen molar-refractivity contribution in [2.24, 2.45) is 0 Å². The molecule has 0 radical (unpaired) electrons. The minimum absolute atomic E-state index is 0.150. The fourth-order valence-corrected chi connectivity index (χ4v) is 0.793. The smallest absolute Gasteiger partial charge is 0.328 e. The summed E-state index contributed by atoms with van der Waals surface area (Å²) in [7, 11) is 0. The molecule has 0 spiro atoms. The lowest BCUT2D eigenvalue weighted by Crippen LogP contribution is -2.41. The predicted octanol–water partition coefficient (Wildman–Crippen LogP) is 1.24. The Morgan fingerprint density at radius 3 is 2.21 bits per heavy atom. The van der Waals surface area contributed by atoms with E-state index < -0.39 is 17.6 Å². The Kier molecular flexibility index (Phi) is 4.60. The molecule has 0 saturated carbocycles. The average molecular weight is 201 g/mol. The first kappa shape index (κ1) is 12.9. The maximum atomic E-state index is 11.4. The van der Waals surface area contributed by atoms with Crippen LogP contribution in [0.2, 0.25) is 0 Å². The van der Waals surface area contributed by atoms with E-state index in [1.807, 2.05) is 0 Å². The lowest BCUT2D eigenvalue weighted by atomic mass is 10.2. The summed E-state index contributed by atoms with van der Waals surface area (Å²) in [4.78, 5) is 22.3. The highest BCUT2D eigenvalue weighted by Gasteiger charge is 2.22. The van der Waals surface area contributed by atoms with Gasteiger partial charge in [0.2, 0.25) is 5.91 Å². The molecule has 4 nitrogen and oxygen atoms in total. The third-order valence-corrected chi connectivity index (χ3v) is 1.46. The summed E-state index contributed by atoms with van der Waals surface area (Å²) in [6.45, 7) is 8.72. The number of amides is 1. The number of nitrogens with one attached hydrogen (secondary N) is 1. The van der Waals surface area contributed by atoms with Crippen molar-refractivity contribution in [3.8, 4) is 0 Å². The molecule has 1 atom stereocenters. The first-order valence-corrected chi connectivity index (χ1v) is 4.78. The molecule has 0 aliphatic carbocycles. The second-order valence-electron chi connectivity index (χ2n) is 4.18. The van der Waals surface area contributed by atoms with E-state index in [-0.39, 0.29) is 5.91 Å². The van der Waals surface area contributed by atoms with E-state index in [2.05, 4.69) is 5.32 Å². The fraction of sp³-hybridized carbons (Fsp3) is 0.800. The number of esters is 1. The lowest BCUT2D eigenvalue weighted by Gasteiger charge is -2.22. The van der Waals surface area contributed by atoms with Crippen LogP contribution in [0, 0.1) is 0 Å². The Labute approximate surface area is 85.0 Å². The molecule has 0 aromatic heterocycles. The van der Waals surface area contributed by atoms with Gasteiger partial charge < -0.3 is 10.1 Å². The molecule has 0 aromatic carbocycles. The number of rotatable bonds is 3. The van der Waals surface area contributed by atoms with Crippen molar-refractivity contribution in [3.05, 3.63) is 0 Å². The van der Waals surface area contributed by atoms with E-state index in [9.17, 15) is 9.59 Å². The zero-order valence-electron chi connectivity index (χ0n) is 9.51. The second kappa shape index (κ2) is 4.98. The minimum atomic E-state index is -0.582. The van der Waals surface area contributed by atoms with Gasteiger partial charge in [-0.2, -0.15) is 0 Å². The van der Waals surface area contributed by atoms with Crippen molar-refractivity contribution in [1.82, 2.24) is 5.32 Å². The first-order valence-electron chi connectivity index (χ1n) is 4.78. The van der Waals surface area contributed by atoms with Crippen molar-refractivity contribution in [2.45, 2.75) is 52.7 Å². The first-order chi connectivity index (χ1) is 6.26. The Hall–Kier alpha value is -1.06. The number of carbonyl (C=O) groups excluding carboxylic acids is 2. The summed E-state index contributed by atoms with van der Waals surface area (Å²) < 4.78 is 5.09. The Morgan fingerprint density at radius 2 is 1.86 bits per heavy atom. The van der Waals surface area contributed by atoms with Gasteiger partial charge >= 0.3 is 5.97 Å². The standard InChI is InChI=1S/C10H19NO3/c1-6-8(12)11-7(2)9(13)14-10(3,4)5/h7H,6H2,1-5H3,(H,11,12)/t7-/m0/s1. The van der Waals surface area contributed by atoms with Crippen LogP contribution in [0.3, 0.4) is 0 Å². The molecular formula is C10H19NO3. The van der Waals surface area contributed by atoms with E-state index in [1.54, 1.807) is 34.6 Å². The molecule has 1 N–H and O–H groups in total. The van der Waals surface area contributed by atoms with E-state index >= 15 is 0 Å². The van der Waals surface area contributed by atoms with Gasteiger partial charge in [0.1, 0.15) is 11.6 Å². The van der Waals surface area contributed by atoms with Crippen LogP contribution in [-0.2, 0) is 14.3 Å². The van der Waals surface area contributed by atoms with Crippen molar-refractivity contribution in [1.29, 1.82) is 0 Å². The summed E-state index contributed by atoms with van der Waals surface area (Å²) in [5.74, 6) is -0.553. The highest BCUT2D eigenvalue weighted by atomic mass is 16.6.